The van der Waals surface area contributed by atoms with Crippen molar-refractivity contribution in [2.75, 3.05) is 18.0 Å². The highest BCUT2D eigenvalue weighted by Crippen LogP contribution is 2.31. The Morgan fingerprint density at radius 1 is 1.28 bits per heavy atom. The van der Waals surface area contributed by atoms with Gasteiger partial charge in [0.15, 0.2) is 0 Å². The number of hydrogen-bond acceptors (Lipinski definition) is 4. The summed E-state index contributed by atoms with van der Waals surface area (Å²) in [5, 5.41) is 19.1. The van der Waals surface area contributed by atoms with Crippen LogP contribution in [-0.4, -0.2) is 28.7 Å². The molecular weight excluding hydrogens is 318 g/mol. The minimum atomic E-state index is -1.12. The fourth-order valence-corrected chi connectivity index (χ4v) is 3.32. The van der Waals surface area contributed by atoms with E-state index < -0.39 is 5.97 Å². The lowest BCUT2D eigenvalue weighted by molar-refractivity contribution is -0.130. The molecule has 1 aliphatic rings. The zero-order chi connectivity index (χ0) is 18.0. The van der Waals surface area contributed by atoms with Gasteiger partial charge in [0, 0.05) is 37.4 Å². The Kier molecular flexibility index (Phi) is 4.45. The third-order valence-corrected chi connectivity index (χ3v) is 4.58. The lowest BCUT2D eigenvalue weighted by Gasteiger charge is -2.33. The van der Waals surface area contributed by atoms with Crippen molar-refractivity contribution in [1.29, 1.82) is 5.26 Å². The molecule has 0 radical (unpaired) electrons. The van der Waals surface area contributed by atoms with Crippen LogP contribution in [0.2, 0.25) is 0 Å². The van der Waals surface area contributed by atoms with E-state index in [0.29, 0.717) is 31.6 Å². The van der Waals surface area contributed by atoms with Crippen molar-refractivity contribution in [3.63, 3.8) is 0 Å². The van der Waals surface area contributed by atoms with Gasteiger partial charge in [-0.05, 0) is 18.9 Å². The summed E-state index contributed by atoms with van der Waals surface area (Å²) in [4.78, 5) is 25.2. The molecule has 1 N–H and O–H groups in total. The van der Waals surface area contributed by atoms with Crippen molar-refractivity contribution in [2.45, 2.75) is 12.8 Å². The fraction of sp³-hybridized carbons (Fsp3) is 0.316. The standard InChI is InChI=1S/C19H17N3O3/c1-21-16-5-3-2-4-14(16)18(15(12-20)19(21)25)22-10-8-13(9-11-22)6-7-17(23)24/h2-5,13H,8-11H2,1H3,(H,23,24). The van der Waals surface area contributed by atoms with E-state index in [2.05, 4.69) is 17.9 Å². The minimum absolute atomic E-state index is 0.0238. The molecule has 0 unspecified atom stereocenters. The monoisotopic (exact) mass is 335 g/mol. The predicted octanol–water partition coefficient (Wildman–Crippen LogP) is 1.71. The number of anilines is 1. The van der Waals surface area contributed by atoms with Crippen molar-refractivity contribution in [2.24, 2.45) is 13.0 Å². The van der Waals surface area contributed by atoms with Crippen LogP contribution in [0.25, 0.3) is 10.9 Å². The van der Waals surface area contributed by atoms with Crippen LogP contribution in [0.1, 0.15) is 18.4 Å². The number of fused-ring (bicyclic) bond motifs is 1. The number of para-hydroxylation sites is 1. The summed E-state index contributed by atoms with van der Waals surface area (Å²) in [6.45, 7) is 1.26. The van der Waals surface area contributed by atoms with Gasteiger partial charge in [-0.15, -0.1) is 0 Å². The van der Waals surface area contributed by atoms with Gasteiger partial charge in [-0.3, -0.25) is 4.79 Å². The lowest BCUT2D eigenvalue weighted by Crippen LogP contribution is -2.36. The van der Waals surface area contributed by atoms with Crippen LogP contribution in [0.4, 0.5) is 5.69 Å². The third-order valence-electron chi connectivity index (χ3n) is 4.58. The molecule has 126 valence electrons. The van der Waals surface area contributed by atoms with E-state index in [1.54, 1.807) is 7.05 Å². The number of benzene rings is 1. The van der Waals surface area contributed by atoms with Gasteiger partial charge in [0.05, 0.1) is 11.2 Å². The fourth-order valence-electron chi connectivity index (χ4n) is 3.32. The number of carbonyl (C=O) groups is 1. The molecule has 1 aromatic heterocycles. The number of carboxylic acids is 1. The van der Waals surface area contributed by atoms with Gasteiger partial charge in [0.2, 0.25) is 0 Å². The predicted molar refractivity (Wildman–Crippen MR) is 94.3 cm³/mol. The Hall–Kier alpha value is -3.25. The van der Waals surface area contributed by atoms with E-state index in [9.17, 15) is 14.9 Å². The largest absolute Gasteiger partial charge is 0.472 e. The maximum Gasteiger partial charge on any atom is 0.381 e. The van der Waals surface area contributed by atoms with E-state index in [1.165, 1.54) is 4.57 Å². The number of aryl methyl sites for hydroxylation is 1. The van der Waals surface area contributed by atoms with Gasteiger partial charge in [0.1, 0.15) is 11.6 Å². The number of carboxylic acid groups (broad SMARTS) is 1. The third kappa shape index (κ3) is 3.07. The molecule has 0 atom stereocenters. The minimum Gasteiger partial charge on any atom is -0.472 e. The number of rotatable bonds is 1. The Labute approximate surface area is 144 Å². The molecule has 0 aliphatic carbocycles. The van der Waals surface area contributed by atoms with E-state index in [0.717, 1.165) is 10.9 Å². The van der Waals surface area contributed by atoms with Crippen molar-refractivity contribution in [3.05, 3.63) is 40.2 Å². The van der Waals surface area contributed by atoms with Crippen LogP contribution in [0.15, 0.2) is 29.1 Å². The molecule has 0 amide bonds. The van der Waals surface area contributed by atoms with Crippen molar-refractivity contribution < 1.29 is 9.90 Å². The first kappa shape index (κ1) is 16.6. The molecule has 0 spiro atoms. The molecule has 1 saturated heterocycles. The maximum atomic E-state index is 12.5. The summed E-state index contributed by atoms with van der Waals surface area (Å²) < 4.78 is 1.50. The van der Waals surface area contributed by atoms with Gasteiger partial charge in [0.25, 0.3) is 5.56 Å². The van der Waals surface area contributed by atoms with E-state index in [1.807, 2.05) is 29.2 Å². The molecule has 25 heavy (non-hydrogen) atoms. The molecule has 0 saturated carbocycles. The number of aliphatic carboxylic acids is 1. The van der Waals surface area contributed by atoms with Crippen LogP contribution in [0.5, 0.6) is 0 Å². The first-order valence-electron chi connectivity index (χ1n) is 8.04. The lowest BCUT2D eigenvalue weighted by atomic mass is 9.96. The molecule has 1 aliphatic heterocycles. The van der Waals surface area contributed by atoms with Crippen molar-refractivity contribution in [1.82, 2.24) is 4.57 Å². The summed E-state index contributed by atoms with van der Waals surface area (Å²) in [6.07, 6.45) is 1.41. The first-order chi connectivity index (χ1) is 12.0. The highest BCUT2D eigenvalue weighted by Gasteiger charge is 2.24. The Morgan fingerprint density at radius 2 is 1.96 bits per heavy atom. The SMILES string of the molecule is Cn1c(=O)c(C#N)c(N2CCC(C#CC(=O)O)CC2)c2ccccc21. The summed E-state index contributed by atoms with van der Waals surface area (Å²) in [6, 6.07) is 9.61. The summed E-state index contributed by atoms with van der Waals surface area (Å²) in [5.74, 6) is 3.86. The molecule has 2 aromatic rings. The van der Waals surface area contributed by atoms with Crippen LogP contribution in [0, 0.1) is 29.1 Å². The topological polar surface area (TPSA) is 86.3 Å². The molecule has 0 bridgehead atoms. The highest BCUT2D eigenvalue weighted by atomic mass is 16.4. The number of piperidine rings is 1. The summed E-state index contributed by atoms with van der Waals surface area (Å²) >= 11 is 0. The van der Waals surface area contributed by atoms with Crippen LogP contribution in [0.3, 0.4) is 0 Å². The van der Waals surface area contributed by atoms with Gasteiger partial charge in [-0.25, -0.2) is 4.79 Å². The number of pyridine rings is 1. The molecule has 1 aromatic carbocycles. The highest BCUT2D eigenvalue weighted by molar-refractivity contribution is 5.95. The second-order valence-corrected chi connectivity index (χ2v) is 6.05. The van der Waals surface area contributed by atoms with Crippen molar-refractivity contribution in [3.8, 4) is 17.9 Å². The average molecular weight is 335 g/mol. The van der Waals surface area contributed by atoms with Gasteiger partial charge in [-0.1, -0.05) is 24.1 Å². The molecule has 3 rings (SSSR count). The molecular formula is C19H17N3O3. The molecule has 1 fully saturated rings. The molecule has 2 heterocycles. The Morgan fingerprint density at radius 3 is 2.60 bits per heavy atom. The number of hydrogen-bond donors (Lipinski definition) is 1. The first-order valence-corrected chi connectivity index (χ1v) is 8.04. The zero-order valence-electron chi connectivity index (χ0n) is 13.8. The van der Waals surface area contributed by atoms with Crippen molar-refractivity contribution >= 4 is 22.6 Å². The van der Waals surface area contributed by atoms with E-state index >= 15 is 0 Å². The normalized spacial score (nSPS) is 14.6. The van der Waals surface area contributed by atoms with Crippen LogP contribution in [-0.2, 0) is 11.8 Å². The van der Waals surface area contributed by atoms with Gasteiger partial charge >= 0.3 is 5.97 Å². The number of nitriles is 1. The summed E-state index contributed by atoms with van der Waals surface area (Å²) in [7, 11) is 1.67. The second-order valence-electron chi connectivity index (χ2n) is 6.05. The second kappa shape index (κ2) is 6.70. The van der Waals surface area contributed by atoms with Crippen LogP contribution < -0.4 is 10.5 Å². The maximum absolute atomic E-state index is 12.5. The quantitative estimate of drug-likeness (QED) is 0.802. The van der Waals surface area contributed by atoms with Gasteiger partial charge < -0.3 is 14.6 Å². The number of aromatic nitrogens is 1. The smallest absolute Gasteiger partial charge is 0.381 e. The average Bonchev–Trinajstić information content (AvgIpc) is 2.63. The van der Waals surface area contributed by atoms with E-state index in [4.69, 9.17) is 5.11 Å². The Bertz CT molecular complexity index is 997. The number of nitrogens with zero attached hydrogens (tertiary/aromatic N) is 3. The van der Waals surface area contributed by atoms with Gasteiger partial charge in [-0.2, -0.15) is 5.26 Å². The van der Waals surface area contributed by atoms with E-state index in [-0.39, 0.29) is 17.0 Å². The van der Waals surface area contributed by atoms with Crippen LogP contribution >= 0.6 is 0 Å². The Balaban J connectivity index is 2.02. The molecule has 6 heteroatoms. The zero-order valence-corrected chi connectivity index (χ0v) is 13.8. The molecule has 6 nitrogen and oxygen atoms in total. The summed E-state index contributed by atoms with van der Waals surface area (Å²) in [5.41, 5.74) is 1.31.